The van der Waals surface area contributed by atoms with Gasteiger partial charge in [-0.25, -0.2) is 38.4 Å². The number of thiophene rings is 8. The van der Waals surface area contributed by atoms with Crippen LogP contribution in [0.5, 0.6) is 0 Å². The first-order chi connectivity index (χ1) is 69.7. The van der Waals surface area contributed by atoms with Crippen molar-refractivity contribution in [2.24, 2.45) is 0 Å². The standard InChI is InChI=1S/2C30H38N4O3S2.C25H32BrN3O3S2.C24H29BrN2O3S2/c2*1-30(2,3)37-28(35)25-21-11-4-5-12-23(21)38-26(25)32-29(36)31-17-22-20-13-16-34(19-9-8-10-19)18-24(20)39-27(22)33-14-6-7-15-33;1-2-29-12-11-16-18(22(26)33-20(16)14-29)13-27-25(31)28-23-21(17-9-5-6-10-19(17)34-23)24(30)32-15-7-3-4-8-15;25-21-17(15-9-3-5-11-18(15)31-21)13-26-24(29)27-22-20(16-10-4-6-12-19(16)32-22)23(28)30-14-7-1-2-8-14/h2*6-7,14-15,19H,4-5,8-13,16-18H2,1-3H3,(H2,31,32,36);15H,2-14H2,1H3,(H2,27,28,31);14H,1-13H2,(H2,26,27,29). The van der Waals surface area contributed by atoms with E-state index in [1.165, 1.54) is 168 Å². The Morgan fingerprint density at radius 1 is 0.326 bits per heavy atom. The molecule has 0 aromatic carbocycles. The number of esters is 4. The highest BCUT2D eigenvalue weighted by atomic mass is 79.9. The minimum atomic E-state index is -0.596. The molecule has 8 amide bonds. The summed E-state index contributed by atoms with van der Waals surface area (Å²) in [5.41, 5.74) is 15.7. The Bertz CT molecular complexity index is 6100. The lowest BCUT2D eigenvalue weighted by Gasteiger charge is -2.39. The van der Waals surface area contributed by atoms with Gasteiger partial charge in [0.15, 0.2) is 0 Å². The Morgan fingerprint density at radius 2 is 0.618 bits per heavy atom. The topological polar surface area (TPSA) is 289 Å². The van der Waals surface area contributed by atoms with E-state index >= 15 is 0 Å². The fourth-order valence-corrected chi connectivity index (χ4v) is 34.3. The van der Waals surface area contributed by atoms with E-state index in [9.17, 15) is 38.4 Å². The number of urea groups is 4. The Kier molecular flexibility index (Phi) is 34.1. The fourth-order valence-electron chi connectivity index (χ4n) is 22.3. The minimum absolute atomic E-state index is 0.0130. The second-order valence-electron chi connectivity index (χ2n) is 42.2. The molecule has 22 rings (SSSR count). The lowest BCUT2D eigenvalue weighted by Crippen LogP contribution is -2.42. The van der Waals surface area contributed by atoms with Crippen molar-refractivity contribution < 1.29 is 57.3 Å². The van der Waals surface area contributed by atoms with Crippen molar-refractivity contribution >= 4 is 191 Å². The normalized spacial score (nSPS) is 18.0. The lowest BCUT2D eigenvalue weighted by atomic mass is 9.89. The van der Waals surface area contributed by atoms with E-state index < -0.39 is 11.2 Å². The molecule has 0 saturated heterocycles. The molecule has 35 heteroatoms. The highest BCUT2D eigenvalue weighted by molar-refractivity contribution is 9.11. The molecule has 10 aromatic rings. The molecule has 0 radical (unpaired) electrons. The predicted octanol–water partition coefficient (Wildman–Crippen LogP) is 26.3. The van der Waals surface area contributed by atoms with Crippen molar-refractivity contribution in [3.63, 3.8) is 0 Å². The molecule has 9 aliphatic carbocycles. The summed E-state index contributed by atoms with van der Waals surface area (Å²) < 4.78 is 29.7. The first-order valence-electron chi connectivity index (χ1n) is 52.6. The first kappa shape index (κ1) is 104. The average Bonchev–Trinajstić information content (AvgIpc) is 1.60. The monoisotopic (exact) mass is 2230 g/mol. The number of fused-ring (bicyclic) bond motifs is 8. The van der Waals surface area contributed by atoms with Crippen molar-refractivity contribution in [1.29, 1.82) is 0 Å². The van der Waals surface area contributed by atoms with Crippen molar-refractivity contribution in [2.45, 2.75) is 367 Å². The summed E-state index contributed by atoms with van der Waals surface area (Å²) in [5.74, 6) is -1.23. The number of nitrogens with one attached hydrogen (secondary N) is 8. The molecule has 0 bridgehead atoms. The number of halogens is 2. The number of nitrogens with zero attached hydrogens (tertiary/aromatic N) is 5. The van der Waals surface area contributed by atoms with Gasteiger partial charge in [0.1, 0.15) is 53.4 Å². The van der Waals surface area contributed by atoms with Crippen LogP contribution in [0, 0.1) is 0 Å². The SMILES string of the molecule is CC(C)(C)OC(=O)c1c(NC(=O)NCc2c(-n3cccc3)sc3c2CCN(C2CCC2)C3)sc2c1CCCC2.CC(C)(C)OC(=O)c1c(NC(=O)NCc2c(-n3cccc3)sc3c2CCN(C2CCC2)C3)sc2c1CCCC2.CCN1CCc2c(sc(Br)c2CNC(=O)Nc2sc3c(c2C(=O)OC2CCCC2)CCCC3)C1.O=C(NCc1c(Br)sc2c1CCCC2)Nc1sc2c(c1C(=O)OC1CCCC1)CCCC2. The zero-order valence-corrected chi connectivity index (χ0v) is 93.7. The maximum atomic E-state index is 13.3. The van der Waals surface area contributed by atoms with Crippen LogP contribution in [0.2, 0.25) is 0 Å². The fraction of sp³-hybridized carbons (Fsp3) is 0.560. The number of carbonyl (C=O) groups is 8. The molecular weight excluding hydrogens is 2100 g/mol. The molecule has 12 aliphatic rings. The number of likely N-dealkylation sites (N-methyl/N-ethyl adjacent to an activating group) is 1. The maximum absolute atomic E-state index is 13.3. The molecule has 13 heterocycles. The van der Waals surface area contributed by atoms with E-state index in [0.717, 1.165) is 274 Å². The summed E-state index contributed by atoms with van der Waals surface area (Å²) >= 11 is 20.8. The van der Waals surface area contributed by atoms with E-state index in [1.807, 2.05) is 88.5 Å². The van der Waals surface area contributed by atoms with Gasteiger partial charge in [-0.05, 0) is 385 Å². The summed E-state index contributed by atoms with van der Waals surface area (Å²) in [5, 5.41) is 29.2. The highest BCUT2D eigenvalue weighted by Gasteiger charge is 2.40. The van der Waals surface area contributed by atoms with E-state index in [0.29, 0.717) is 68.4 Å². The number of hydrogen-bond donors (Lipinski definition) is 8. The number of carbonyl (C=O) groups excluding carboxylic acids is 8. The van der Waals surface area contributed by atoms with Gasteiger partial charge in [0.05, 0.1) is 29.8 Å². The van der Waals surface area contributed by atoms with Crippen molar-refractivity contribution in [3.05, 3.63) is 185 Å². The highest BCUT2D eigenvalue weighted by Crippen LogP contribution is 2.49. The van der Waals surface area contributed by atoms with Crippen LogP contribution >= 0.6 is 123 Å². The zero-order chi connectivity index (χ0) is 100. The van der Waals surface area contributed by atoms with E-state index in [4.69, 9.17) is 18.9 Å². The van der Waals surface area contributed by atoms with E-state index in [1.54, 1.807) is 45.3 Å². The van der Waals surface area contributed by atoms with Gasteiger partial charge in [0, 0.05) is 152 Å². The van der Waals surface area contributed by atoms with Gasteiger partial charge in [0.25, 0.3) is 0 Å². The second kappa shape index (κ2) is 47.0. The minimum Gasteiger partial charge on any atom is -0.459 e. The van der Waals surface area contributed by atoms with Crippen molar-refractivity contribution in [3.8, 4) is 10.0 Å². The van der Waals surface area contributed by atoms with Gasteiger partial charge in [-0.15, -0.1) is 90.7 Å². The summed E-state index contributed by atoms with van der Waals surface area (Å²) in [6.07, 6.45) is 48.3. The Labute approximate surface area is 894 Å². The summed E-state index contributed by atoms with van der Waals surface area (Å²) in [6, 6.07) is 8.53. The lowest BCUT2D eigenvalue weighted by molar-refractivity contribution is 0.00571. The first-order valence-corrected chi connectivity index (χ1v) is 60.8. The average molecular weight is 2240 g/mol. The number of amides is 8. The van der Waals surface area contributed by atoms with Crippen LogP contribution in [-0.2, 0) is 148 Å². The third-order valence-electron chi connectivity index (χ3n) is 30.1. The van der Waals surface area contributed by atoms with Crippen LogP contribution in [0.4, 0.5) is 39.2 Å². The number of hydrogen-bond acceptors (Lipinski definition) is 23. The second-order valence-corrected chi connectivity index (χ2v) is 53.7. The van der Waals surface area contributed by atoms with Gasteiger partial charge < -0.3 is 49.3 Å². The summed E-state index contributed by atoms with van der Waals surface area (Å²) in [7, 11) is 0. The number of rotatable bonds is 23. The molecule has 144 heavy (non-hydrogen) atoms. The van der Waals surface area contributed by atoms with Crippen LogP contribution in [-0.4, -0.2) is 134 Å². The molecule has 0 unspecified atom stereocenters. The Hall–Kier alpha value is -8.04. The number of ether oxygens (including phenoxy) is 4. The maximum Gasteiger partial charge on any atom is 0.341 e. The van der Waals surface area contributed by atoms with Crippen LogP contribution in [0.1, 0.15) is 350 Å². The molecule has 4 saturated carbocycles. The van der Waals surface area contributed by atoms with Gasteiger partial charge in [-0.3, -0.25) is 36.0 Å². The van der Waals surface area contributed by atoms with Crippen molar-refractivity contribution in [2.75, 3.05) is 47.4 Å². The molecule has 4 fully saturated rings. The van der Waals surface area contributed by atoms with Gasteiger partial charge in [-0.2, -0.15) is 0 Å². The number of aryl methyl sites for hydroxylation is 5. The largest absolute Gasteiger partial charge is 0.459 e. The molecule has 10 aromatic heterocycles. The molecule has 0 spiro atoms. The number of aromatic nitrogens is 2. The molecule has 8 N–H and O–H groups in total. The van der Waals surface area contributed by atoms with E-state index in [-0.39, 0.29) is 60.2 Å². The Morgan fingerprint density at radius 3 is 0.951 bits per heavy atom. The summed E-state index contributed by atoms with van der Waals surface area (Å²) in [6.45, 7) is 22.6. The molecule has 25 nitrogen and oxygen atoms in total. The van der Waals surface area contributed by atoms with Gasteiger partial charge in [-0.1, -0.05) is 19.8 Å². The zero-order valence-electron chi connectivity index (χ0n) is 84.0. The van der Waals surface area contributed by atoms with Crippen LogP contribution in [0.25, 0.3) is 10.0 Å². The van der Waals surface area contributed by atoms with Crippen LogP contribution < -0.4 is 42.5 Å². The summed E-state index contributed by atoms with van der Waals surface area (Å²) in [4.78, 5) is 123. The van der Waals surface area contributed by atoms with Crippen LogP contribution in [0.3, 0.4) is 0 Å². The number of anilines is 4. The van der Waals surface area contributed by atoms with Gasteiger partial charge >= 0.3 is 48.0 Å². The van der Waals surface area contributed by atoms with Gasteiger partial charge in [0.2, 0.25) is 0 Å². The molecular formula is C109H137Br2N13O12S8. The third kappa shape index (κ3) is 24.6. The smallest absolute Gasteiger partial charge is 0.341 e. The third-order valence-corrected chi connectivity index (χ3v) is 41.6. The predicted molar refractivity (Wildman–Crippen MR) is 589 cm³/mol. The Balaban J connectivity index is 0.000000122. The molecule has 3 aliphatic heterocycles. The molecule has 0 atom stereocenters. The van der Waals surface area contributed by atoms with Crippen molar-refractivity contribution in [1.82, 2.24) is 45.1 Å². The molecule has 772 valence electrons. The van der Waals surface area contributed by atoms with Crippen LogP contribution in [0.15, 0.2) is 56.6 Å². The van der Waals surface area contributed by atoms with E-state index in [2.05, 4.69) is 130 Å². The quantitative estimate of drug-likeness (QED) is 0.0218.